The molecule has 0 aliphatic heterocycles. The summed E-state index contributed by atoms with van der Waals surface area (Å²) < 4.78 is 5.83. The third kappa shape index (κ3) is 4.81. The Balaban J connectivity index is 2.16. The maximum absolute atomic E-state index is 9.39. The Morgan fingerprint density at radius 2 is 2.06 bits per heavy atom. The topological polar surface area (TPSA) is 41.5 Å². The number of nitrogens with one attached hydrogen (secondary N) is 1. The molecule has 0 spiro atoms. The van der Waals surface area contributed by atoms with Gasteiger partial charge in [-0.05, 0) is 39.2 Å². The van der Waals surface area contributed by atoms with Crippen LogP contribution in [0.1, 0.15) is 52.4 Å². The van der Waals surface area contributed by atoms with Crippen molar-refractivity contribution in [1.82, 2.24) is 5.32 Å². The highest BCUT2D eigenvalue weighted by Gasteiger charge is 2.23. The van der Waals surface area contributed by atoms with Crippen molar-refractivity contribution in [1.29, 1.82) is 0 Å². The molecular formula is C13H27NO2. The number of rotatable bonds is 8. The van der Waals surface area contributed by atoms with Crippen molar-refractivity contribution in [2.24, 2.45) is 0 Å². The normalized spacial score (nSPS) is 21.2. The molecule has 0 amide bonds. The van der Waals surface area contributed by atoms with Gasteiger partial charge in [0.15, 0.2) is 0 Å². The summed E-state index contributed by atoms with van der Waals surface area (Å²) in [4.78, 5) is 0. The van der Waals surface area contributed by atoms with Crippen LogP contribution in [-0.4, -0.2) is 36.5 Å². The second-order valence-electron chi connectivity index (χ2n) is 5.17. The molecular weight excluding hydrogens is 202 g/mol. The van der Waals surface area contributed by atoms with Crippen LogP contribution in [0.3, 0.4) is 0 Å². The number of hydrogen-bond acceptors (Lipinski definition) is 3. The van der Waals surface area contributed by atoms with Crippen LogP contribution in [-0.2, 0) is 4.74 Å². The van der Waals surface area contributed by atoms with E-state index in [-0.39, 0.29) is 12.1 Å². The van der Waals surface area contributed by atoms with E-state index in [2.05, 4.69) is 19.2 Å². The molecule has 0 aromatic carbocycles. The second-order valence-corrected chi connectivity index (χ2v) is 5.17. The largest absolute Gasteiger partial charge is 0.394 e. The first kappa shape index (κ1) is 13.9. The van der Waals surface area contributed by atoms with Gasteiger partial charge in [-0.15, -0.1) is 0 Å². The average Bonchev–Trinajstić information content (AvgIpc) is 2.79. The van der Waals surface area contributed by atoms with Gasteiger partial charge >= 0.3 is 0 Å². The first-order valence-corrected chi connectivity index (χ1v) is 6.67. The fourth-order valence-electron chi connectivity index (χ4n) is 2.16. The minimum Gasteiger partial charge on any atom is -0.394 e. The molecule has 0 saturated heterocycles. The Kier molecular flexibility index (Phi) is 6.32. The quantitative estimate of drug-likeness (QED) is 0.669. The summed E-state index contributed by atoms with van der Waals surface area (Å²) in [5.41, 5.74) is -0.172. The molecule has 1 rings (SSSR count). The van der Waals surface area contributed by atoms with Crippen LogP contribution in [0, 0.1) is 0 Å². The van der Waals surface area contributed by atoms with Crippen molar-refractivity contribution in [3.63, 3.8) is 0 Å². The highest BCUT2D eigenvalue weighted by atomic mass is 16.5. The third-order valence-corrected chi connectivity index (χ3v) is 3.46. The fraction of sp³-hybridized carbons (Fsp3) is 1.00. The summed E-state index contributed by atoms with van der Waals surface area (Å²) in [6.45, 7) is 6.11. The molecule has 16 heavy (non-hydrogen) atoms. The molecule has 3 heteroatoms. The van der Waals surface area contributed by atoms with Crippen LogP contribution in [0.4, 0.5) is 0 Å². The molecule has 1 saturated carbocycles. The van der Waals surface area contributed by atoms with E-state index in [1.807, 2.05) is 0 Å². The number of aliphatic hydroxyl groups is 1. The maximum Gasteiger partial charge on any atom is 0.0611 e. The van der Waals surface area contributed by atoms with E-state index in [4.69, 9.17) is 4.74 Å². The molecule has 1 fully saturated rings. The summed E-state index contributed by atoms with van der Waals surface area (Å²) in [7, 11) is 0. The van der Waals surface area contributed by atoms with E-state index >= 15 is 0 Å². The first-order valence-electron chi connectivity index (χ1n) is 6.67. The van der Waals surface area contributed by atoms with Crippen molar-refractivity contribution in [2.75, 3.05) is 19.8 Å². The molecule has 2 N–H and O–H groups in total. The van der Waals surface area contributed by atoms with E-state index in [9.17, 15) is 5.11 Å². The molecule has 1 atom stereocenters. The van der Waals surface area contributed by atoms with Gasteiger partial charge in [0.05, 0.1) is 12.7 Å². The monoisotopic (exact) mass is 229 g/mol. The van der Waals surface area contributed by atoms with Gasteiger partial charge in [0.1, 0.15) is 0 Å². The van der Waals surface area contributed by atoms with Crippen LogP contribution < -0.4 is 5.32 Å². The Hall–Kier alpha value is -0.120. The van der Waals surface area contributed by atoms with Crippen LogP contribution in [0.15, 0.2) is 0 Å². The number of ether oxygens (including phenoxy) is 1. The van der Waals surface area contributed by atoms with Crippen molar-refractivity contribution in [2.45, 2.75) is 64.0 Å². The van der Waals surface area contributed by atoms with Gasteiger partial charge in [0.2, 0.25) is 0 Å². The Labute approximate surface area is 99.6 Å². The summed E-state index contributed by atoms with van der Waals surface area (Å²) in [6.07, 6.45) is 7.54. The smallest absolute Gasteiger partial charge is 0.0611 e. The van der Waals surface area contributed by atoms with Crippen molar-refractivity contribution in [3.8, 4) is 0 Å². The van der Waals surface area contributed by atoms with Crippen LogP contribution >= 0.6 is 0 Å². The van der Waals surface area contributed by atoms with Crippen LogP contribution in [0.2, 0.25) is 0 Å². The van der Waals surface area contributed by atoms with Gasteiger partial charge in [-0.25, -0.2) is 0 Å². The maximum atomic E-state index is 9.39. The highest BCUT2D eigenvalue weighted by molar-refractivity contribution is 4.82. The predicted octanol–water partition coefficient (Wildman–Crippen LogP) is 2.09. The van der Waals surface area contributed by atoms with E-state index in [0.29, 0.717) is 6.10 Å². The zero-order valence-electron chi connectivity index (χ0n) is 10.8. The molecule has 0 aromatic heterocycles. The molecule has 3 nitrogen and oxygen atoms in total. The van der Waals surface area contributed by atoms with Gasteiger partial charge in [0.25, 0.3) is 0 Å². The molecule has 1 aliphatic carbocycles. The average molecular weight is 229 g/mol. The fourth-order valence-corrected chi connectivity index (χ4v) is 2.16. The molecule has 0 aromatic rings. The lowest BCUT2D eigenvalue weighted by Gasteiger charge is -2.29. The number of aliphatic hydroxyl groups excluding tert-OH is 1. The molecule has 0 heterocycles. The SMILES string of the molecule is CCCNC(C)(CO)CCOC1CCCC1. The summed E-state index contributed by atoms with van der Waals surface area (Å²) in [5.74, 6) is 0. The zero-order valence-corrected chi connectivity index (χ0v) is 10.8. The van der Waals surface area contributed by atoms with Crippen LogP contribution in [0.5, 0.6) is 0 Å². The lowest BCUT2D eigenvalue weighted by atomic mass is 9.99. The third-order valence-electron chi connectivity index (χ3n) is 3.46. The van der Waals surface area contributed by atoms with E-state index in [1.165, 1.54) is 25.7 Å². The highest BCUT2D eigenvalue weighted by Crippen LogP contribution is 2.21. The lowest BCUT2D eigenvalue weighted by Crippen LogP contribution is -2.47. The Morgan fingerprint density at radius 1 is 1.38 bits per heavy atom. The minimum absolute atomic E-state index is 0.172. The minimum atomic E-state index is -0.172. The van der Waals surface area contributed by atoms with Gasteiger partial charge in [-0.2, -0.15) is 0 Å². The van der Waals surface area contributed by atoms with Crippen molar-refractivity contribution < 1.29 is 9.84 Å². The van der Waals surface area contributed by atoms with Crippen molar-refractivity contribution >= 4 is 0 Å². The Morgan fingerprint density at radius 3 is 2.62 bits per heavy atom. The summed E-state index contributed by atoms with van der Waals surface area (Å²) >= 11 is 0. The van der Waals surface area contributed by atoms with E-state index < -0.39 is 0 Å². The lowest BCUT2D eigenvalue weighted by molar-refractivity contribution is 0.0349. The predicted molar refractivity (Wildman–Crippen MR) is 66.6 cm³/mol. The molecule has 1 unspecified atom stereocenters. The van der Waals surface area contributed by atoms with Crippen molar-refractivity contribution in [3.05, 3.63) is 0 Å². The van der Waals surface area contributed by atoms with Gasteiger partial charge in [-0.3, -0.25) is 0 Å². The molecule has 0 radical (unpaired) electrons. The molecule has 0 bridgehead atoms. The second kappa shape index (κ2) is 7.25. The number of hydrogen-bond donors (Lipinski definition) is 2. The van der Waals surface area contributed by atoms with E-state index in [0.717, 1.165) is 26.0 Å². The van der Waals surface area contributed by atoms with Crippen LogP contribution in [0.25, 0.3) is 0 Å². The molecule has 96 valence electrons. The summed E-state index contributed by atoms with van der Waals surface area (Å²) in [5, 5.41) is 12.8. The first-order chi connectivity index (χ1) is 7.70. The van der Waals surface area contributed by atoms with Gasteiger partial charge in [-0.1, -0.05) is 19.8 Å². The summed E-state index contributed by atoms with van der Waals surface area (Å²) in [6, 6.07) is 0. The van der Waals surface area contributed by atoms with Gasteiger partial charge in [0, 0.05) is 12.1 Å². The molecule has 1 aliphatic rings. The Bertz CT molecular complexity index is 181. The standard InChI is InChI=1S/C13H27NO2/c1-3-9-14-13(2,11-15)8-10-16-12-6-4-5-7-12/h12,14-15H,3-11H2,1-2H3. The van der Waals surface area contributed by atoms with E-state index in [1.54, 1.807) is 0 Å². The zero-order chi connectivity index (χ0) is 11.9. The van der Waals surface area contributed by atoms with Gasteiger partial charge < -0.3 is 15.2 Å².